The summed E-state index contributed by atoms with van der Waals surface area (Å²) >= 11 is 0. The third kappa shape index (κ3) is 4.74. The van der Waals surface area contributed by atoms with Gasteiger partial charge >= 0.3 is 0 Å². The molecule has 2 aromatic rings. The number of nitrogens with zero attached hydrogens (tertiary/aromatic N) is 6. The number of carbonyl (C=O) groups excluding carboxylic acids is 1. The number of hydrogen-bond donors (Lipinski definition) is 0. The quantitative estimate of drug-likeness (QED) is 0.747. The predicted octanol–water partition coefficient (Wildman–Crippen LogP) is 2.94. The van der Waals surface area contributed by atoms with Gasteiger partial charge in [-0.3, -0.25) is 4.79 Å². The van der Waals surface area contributed by atoms with Gasteiger partial charge in [0, 0.05) is 62.9 Å². The smallest absolute Gasteiger partial charge is 0.227 e. The number of likely N-dealkylation sites (tertiary alicyclic amines) is 1. The average molecular weight is 427 g/mol. The highest BCUT2D eigenvalue weighted by Gasteiger charge is 2.33. The molecule has 0 atom stereocenters. The Labute approximate surface area is 184 Å². The molecule has 8 nitrogen and oxygen atoms in total. The van der Waals surface area contributed by atoms with E-state index in [0.29, 0.717) is 5.76 Å². The van der Waals surface area contributed by atoms with Gasteiger partial charge in [0.15, 0.2) is 5.76 Å². The molecule has 31 heavy (non-hydrogen) atoms. The Balaban J connectivity index is 1.60. The molecular weight excluding hydrogens is 392 g/mol. The van der Waals surface area contributed by atoms with Crippen molar-refractivity contribution in [2.24, 2.45) is 5.41 Å². The fraction of sp³-hybridized carbons (Fsp3) is 0.652. The van der Waals surface area contributed by atoms with Crippen LogP contribution in [0, 0.1) is 12.3 Å². The fourth-order valence-electron chi connectivity index (χ4n) is 4.37. The lowest BCUT2D eigenvalue weighted by Crippen LogP contribution is -2.45. The van der Waals surface area contributed by atoms with Gasteiger partial charge in [0.2, 0.25) is 11.9 Å². The van der Waals surface area contributed by atoms with E-state index >= 15 is 0 Å². The number of aryl methyl sites for hydroxylation is 1. The van der Waals surface area contributed by atoms with Crippen molar-refractivity contribution < 1.29 is 9.32 Å². The molecule has 0 aromatic carbocycles. The lowest BCUT2D eigenvalue weighted by molar-refractivity contribution is -0.140. The second kappa shape index (κ2) is 8.57. The molecule has 2 fully saturated rings. The first-order valence-electron chi connectivity index (χ1n) is 11.3. The molecule has 4 rings (SSSR count). The number of carbonyl (C=O) groups is 1. The van der Waals surface area contributed by atoms with Crippen molar-refractivity contribution in [2.45, 2.75) is 46.5 Å². The first kappa shape index (κ1) is 21.7. The normalized spacial score (nSPS) is 19.1. The van der Waals surface area contributed by atoms with Crippen LogP contribution in [-0.2, 0) is 4.79 Å². The molecule has 2 aromatic heterocycles. The Hall–Kier alpha value is -2.48. The van der Waals surface area contributed by atoms with Gasteiger partial charge < -0.3 is 19.2 Å². The van der Waals surface area contributed by atoms with Crippen LogP contribution < -0.4 is 4.90 Å². The van der Waals surface area contributed by atoms with E-state index in [9.17, 15) is 4.79 Å². The van der Waals surface area contributed by atoms with E-state index in [0.717, 1.165) is 75.0 Å². The number of piperidine rings is 1. The number of amides is 1. The SMILES string of the molecule is Cc1cc(-c2cnc(N3CCN(C)CC3)nc2C2CCN(C(=O)C(C)(C)C)CC2)on1. The van der Waals surface area contributed by atoms with Crippen LogP contribution in [-0.4, -0.2) is 77.1 Å². The third-order valence-electron chi connectivity index (χ3n) is 6.30. The molecule has 0 N–H and O–H groups in total. The van der Waals surface area contributed by atoms with Gasteiger partial charge in [0.05, 0.1) is 17.0 Å². The summed E-state index contributed by atoms with van der Waals surface area (Å²) in [5, 5.41) is 4.06. The highest BCUT2D eigenvalue weighted by atomic mass is 16.5. The van der Waals surface area contributed by atoms with Crippen molar-refractivity contribution in [3.63, 3.8) is 0 Å². The molecule has 2 aliphatic rings. The zero-order valence-electron chi connectivity index (χ0n) is 19.4. The highest BCUT2D eigenvalue weighted by molar-refractivity contribution is 5.81. The first-order chi connectivity index (χ1) is 14.7. The van der Waals surface area contributed by atoms with E-state index in [-0.39, 0.29) is 17.2 Å². The number of anilines is 1. The van der Waals surface area contributed by atoms with Crippen LogP contribution >= 0.6 is 0 Å². The van der Waals surface area contributed by atoms with Crippen LogP contribution in [0.25, 0.3) is 11.3 Å². The number of piperazine rings is 1. The molecule has 0 aliphatic carbocycles. The summed E-state index contributed by atoms with van der Waals surface area (Å²) in [6.07, 6.45) is 3.67. The molecular formula is C23H34N6O2. The van der Waals surface area contributed by atoms with Crippen molar-refractivity contribution >= 4 is 11.9 Å². The number of likely N-dealkylation sites (N-methyl/N-ethyl adjacent to an activating group) is 1. The minimum absolute atomic E-state index is 0.220. The third-order valence-corrected chi connectivity index (χ3v) is 6.30. The Morgan fingerprint density at radius 2 is 1.77 bits per heavy atom. The van der Waals surface area contributed by atoms with Crippen LogP contribution in [0.5, 0.6) is 0 Å². The van der Waals surface area contributed by atoms with Gasteiger partial charge in [-0.2, -0.15) is 0 Å². The Kier molecular flexibility index (Phi) is 6.01. The van der Waals surface area contributed by atoms with E-state index in [1.807, 2.05) is 44.9 Å². The van der Waals surface area contributed by atoms with Crippen molar-refractivity contribution in [1.29, 1.82) is 0 Å². The highest BCUT2D eigenvalue weighted by Crippen LogP contribution is 2.36. The van der Waals surface area contributed by atoms with Crippen LogP contribution in [0.3, 0.4) is 0 Å². The number of aromatic nitrogens is 3. The standard InChI is InChI=1S/C23H34N6O2/c1-16-14-19(31-26-16)18-15-24-22(29-12-10-27(5)11-13-29)25-20(18)17-6-8-28(9-7-17)21(30)23(2,3)4/h14-15,17H,6-13H2,1-5H3. The molecule has 0 bridgehead atoms. The van der Waals surface area contributed by atoms with E-state index < -0.39 is 0 Å². The summed E-state index contributed by atoms with van der Waals surface area (Å²) < 4.78 is 5.57. The summed E-state index contributed by atoms with van der Waals surface area (Å²) in [6.45, 7) is 13.2. The van der Waals surface area contributed by atoms with Gasteiger partial charge in [-0.05, 0) is 26.8 Å². The fourth-order valence-corrected chi connectivity index (χ4v) is 4.37. The maximum atomic E-state index is 12.7. The van der Waals surface area contributed by atoms with Gasteiger partial charge in [-0.25, -0.2) is 9.97 Å². The maximum Gasteiger partial charge on any atom is 0.227 e. The number of hydrogen-bond acceptors (Lipinski definition) is 7. The molecule has 2 aliphatic heterocycles. The zero-order chi connectivity index (χ0) is 22.2. The summed E-state index contributed by atoms with van der Waals surface area (Å²) in [5.41, 5.74) is 2.43. The minimum atomic E-state index is -0.348. The molecule has 0 spiro atoms. The molecule has 0 saturated carbocycles. The van der Waals surface area contributed by atoms with Crippen molar-refractivity contribution in [3.05, 3.63) is 23.7 Å². The van der Waals surface area contributed by atoms with Gasteiger partial charge in [0.1, 0.15) is 0 Å². The summed E-state index contributed by atoms with van der Waals surface area (Å²) in [6, 6.07) is 1.94. The lowest BCUT2D eigenvalue weighted by atomic mass is 9.88. The Morgan fingerprint density at radius 1 is 1.10 bits per heavy atom. The Bertz CT molecular complexity index is 918. The van der Waals surface area contributed by atoms with E-state index in [4.69, 9.17) is 9.51 Å². The van der Waals surface area contributed by atoms with Crippen molar-refractivity contribution in [3.8, 4) is 11.3 Å². The first-order valence-corrected chi connectivity index (χ1v) is 11.3. The van der Waals surface area contributed by atoms with E-state index in [2.05, 4.69) is 27.0 Å². The average Bonchev–Trinajstić information content (AvgIpc) is 3.19. The maximum absolute atomic E-state index is 12.7. The van der Waals surface area contributed by atoms with Crippen LogP contribution in [0.2, 0.25) is 0 Å². The molecule has 1 amide bonds. The summed E-state index contributed by atoms with van der Waals surface area (Å²) in [7, 11) is 2.14. The largest absolute Gasteiger partial charge is 0.356 e. The molecule has 8 heteroatoms. The predicted molar refractivity (Wildman–Crippen MR) is 120 cm³/mol. The van der Waals surface area contributed by atoms with E-state index in [1.54, 1.807) is 0 Å². The molecule has 4 heterocycles. The molecule has 0 radical (unpaired) electrons. The van der Waals surface area contributed by atoms with Gasteiger partial charge in [-0.15, -0.1) is 0 Å². The Morgan fingerprint density at radius 3 is 2.35 bits per heavy atom. The molecule has 2 saturated heterocycles. The van der Waals surface area contributed by atoms with Crippen LogP contribution in [0.4, 0.5) is 5.95 Å². The second-order valence-electron chi connectivity index (χ2n) is 9.91. The van der Waals surface area contributed by atoms with E-state index in [1.165, 1.54) is 0 Å². The lowest BCUT2D eigenvalue weighted by Gasteiger charge is -2.36. The summed E-state index contributed by atoms with van der Waals surface area (Å²) in [4.78, 5) is 29.0. The molecule has 0 unspecified atom stereocenters. The number of rotatable bonds is 3. The topological polar surface area (TPSA) is 78.6 Å². The minimum Gasteiger partial charge on any atom is -0.356 e. The van der Waals surface area contributed by atoms with Gasteiger partial charge in [0.25, 0.3) is 0 Å². The second-order valence-corrected chi connectivity index (χ2v) is 9.91. The van der Waals surface area contributed by atoms with Gasteiger partial charge in [-0.1, -0.05) is 25.9 Å². The van der Waals surface area contributed by atoms with Crippen LogP contribution in [0.15, 0.2) is 16.8 Å². The van der Waals surface area contributed by atoms with Crippen molar-refractivity contribution in [1.82, 2.24) is 24.9 Å². The summed E-state index contributed by atoms with van der Waals surface area (Å²) in [5.74, 6) is 1.98. The van der Waals surface area contributed by atoms with Crippen LogP contribution in [0.1, 0.15) is 50.9 Å². The van der Waals surface area contributed by atoms with Crippen molar-refractivity contribution in [2.75, 3.05) is 51.2 Å². The molecule has 168 valence electrons. The zero-order valence-corrected chi connectivity index (χ0v) is 19.4. The monoisotopic (exact) mass is 426 g/mol.